The largest absolute Gasteiger partial charge is 0.462 e. The van der Waals surface area contributed by atoms with Crippen LogP contribution in [0.5, 0.6) is 0 Å². The summed E-state index contributed by atoms with van der Waals surface area (Å²) in [4.78, 5) is 39.0. The summed E-state index contributed by atoms with van der Waals surface area (Å²) in [6, 6.07) is 7.50. The van der Waals surface area contributed by atoms with E-state index >= 15 is 0 Å². The van der Waals surface area contributed by atoms with Gasteiger partial charge in [-0.15, -0.1) is 0 Å². The predicted octanol–water partition coefficient (Wildman–Crippen LogP) is 2.06. The Labute approximate surface area is 199 Å². The number of rotatable bonds is 4. The van der Waals surface area contributed by atoms with Gasteiger partial charge in [0.2, 0.25) is 0 Å². The molecule has 1 aromatic carbocycles. The molecule has 33 heavy (non-hydrogen) atoms. The van der Waals surface area contributed by atoms with Gasteiger partial charge in [-0.25, -0.2) is 9.59 Å². The number of hydrogen-bond donors (Lipinski definition) is 2. The molecule has 4 fully saturated rings. The average molecular weight is 523 g/mol. The first-order valence-electron chi connectivity index (χ1n) is 11.3. The Balaban J connectivity index is 1.51. The van der Waals surface area contributed by atoms with E-state index in [4.69, 9.17) is 14.2 Å². The van der Waals surface area contributed by atoms with E-state index in [1.54, 1.807) is 6.92 Å². The van der Waals surface area contributed by atoms with E-state index < -0.39 is 52.1 Å². The normalized spacial score (nSPS) is 43.4. The molecule has 0 aromatic heterocycles. The van der Waals surface area contributed by atoms with E-state index in [1.165, 1.54) is 0 Å². The van der Waals surface area contributed by atoms with Crippen LogP contribution in [0.15, 0.2) is 28.7 Å². The number of aryl methyl sites for hydroxylation is 1. The third-order valence-electron chi connectivity index (χ3n) is 8.87. The molecule has 8 nitrogen and oxygen atoms in total. The van der Waals surface area contributed by atoms with Crippen molar-refractivity contribution in [1.82, 2.24) is 0 Å². The Morgan fingerprint density at radius 3 is 2.67 bits per heavy atom. The summed E-state index contributed by atoms with van der Waals surface area (Å²) in [6.45, 7) is 3.33. The second kappa shape index (κ2) is 7.26. The van der Waals surface area contributed by atoms with Gasteiger partial charge in [0.1, 0.15) is 6.61 Å². The number of ether oxygens (including phenoxy) is 3. The molecule has 2 aliphatic carbocycles. The quantitative estimate of drug-likeness (QED) is 0.455. The summed E-state index contributed by atoms with van der Waals surface area (Å²) in [5, 5.41) is 23.0. The van der Waals surface area contributed by atoms with Gasteiger partial charge in [-0.1, -0.05) is 35.0 Å². The maximum atomic E-state index is 13.2. The van der Waals surface area contributed by atoms with Crippen LogP contribution in [-0.4, -0.2) is 58.1 Å². The number of esters is 3. The Bertz CT molecular complexity index is 1030. The van der Waals surface area contributed by atoms with Crippen molar-refractivity contribution in [3.05, 3.63) is 34.3 Å². The van der Waals surface area contributed by atoms with E-state index in [-0.39, 0.29) is 31.8 Å². The third kappa shape index (κ3) is 2.67. The second-order valence-corrected chi connectivity index (χ2v) is 11.0. The fourth-order valence-corrected chi connectivity index (χ4v) is 7.26. The first kappa shape index (κ1) is 22.8. The number of aliphatic hydroxyl groups is 2. The first-order chi connectivity index (χ1) is 15.5. The molecule has 2 N–H and O–H groups in total. The zero-order valence-corrected chi connectivity index (χ0v) is 20.1. The number of benzene rings is 1. The van der Waals surface area contributed by atoms with Gasteiger partial charge in [0.25, 0.3) is 5.60 Å². The fraction of sp³-hybridized carbons (Fsp3) is 0.625. The zero-order valence-electron chi connectivity index (χ0n) is 18.5. The Kier molecular flexibility index (Phi) is 5.02. The topological polar surface area (TPSA) is 119 Å². The Hall–Kier alpha value is -1.97. The summed E-state index contributed by atoms with van der Waals surface area (Å²) < 4.78 is 17.7. The summed E-state index contributed by atoms with van der Waals surface area (Å²) in [6.07, 6.45) is -1.48. The molecule has 0 radical (unpaired) electrons. The molecule has 178 valence electrons. The molecular weight excluding hydrogens is 496 g/mol. The van der Waals surface area contributed by atoms with Gasteiger partial charge in [-0.2, -0.15) is 0 Å². The van der Waals surface area contributed by atoms with Gasteiger partial charge in [0.05, 0.1) is 11.0 Å². The van der Waals surface area contributed by atoms with Crippen LogP contribution in [-0.2, 0) is 35.0 Å². The van der Waals surface area contributed by atoms with Crippen LogP contribution in [0.3, 0.4) is 0 Å². The van der Waals surface area contributed by atoms with E-state index in [9.17, 15) is 24.6 Å². The van der Waals surface area contributed by atoms with Gasteiger partial charge in [-0.3, -0.25) is 4.79 Å². The molecule has 2 heterocycles. The van der Waals surface area contributed by atoms with Crippen LogP contribution in [0.2, 0.25) is 0 Å². The fourth-order valence-electron chi connectivity index (χ4n) is 6.99. The smallest absolute Gasteiger partial charge is 0.355 e. The minimum Gasteiger partial charge on any atom is -0.462 e. The van der Waals surface area contributed by atoms with Crippen molar-refractivity contribution >= 4 is 33.8 Å². The molecular formula is C24H27BrO8. The molecule has 0 amide bonds. The number of carbonyl (C=O) groups is 3. The van der Waals surface area contributed by atoms with Crippen molar-refractivity contribution in [1.29, 1.82) is 0 Å². The van der Waals surface area contributed by atoms with Crippen LogP contribution >= 0.6 is 15.9 Å². The van der Waals surface area contributed by atoms with Gasteiger partial charge >= 0.3 is 17.9 Å². The predicted molar refractivity (Wildman–Crippen MR) is 117 cm³/mol. The van der Waals surface area contributed by atoms with Crippen molar-refractivity contribution in [3.8, 4) is 0 Å². The van der Waals surface area contributed by atoms with Crippen molar-refractivity contribution in [2.24, 2.45) is 16.7 Å². The van der Waals surface area contributed by atoms with Crippen LogP contribution in [0.1, 0.15) is 45.1 Å². The van der Waals surface area contributed by atoms with Crippen molar-refractivity contribution < 1.29 is 38.8 Å². The van der Waals surface area contributed by atoms with Gasteiger partial charge < -0.3 is 24.4 Å². The van der Waals surface area contributed by atoms with E-state index in [0.29, 0.717) is 12.8 Å². The third-order valence-corrected chi connectivity index (χ3v) is 9.40. The number of fused-ring (bicyclic) bond motifs is 4. The Morgan fingerprint density at radius 2 is 1.97 bits per heavy atom. The van der Waals surface area contributed by atoms with Crippen LogP contribution in [0, 0.1) is 16.7 Å². The summed E-state index contributed by atoms with van der Waals surface area (Å²) in [5.41, 5.74) is -5.31. The zero-order chi connectivity index (χ0) is 23.8. The molecule has 9 heteroatoms. The van der Waals surface area contributed by atoms with Crippen LogP contribution in [0.25, 0.3) is 0 Å². The number of halogens is 1. The van der Waals surface area contributed by atoms with E-state index in [0.717, 1.165) is 10.0 Å². The lowest BCUT2D eigenvalue weighted by Gasteiger charge is -2.64. The standard InChI is InChI=1S/C24H27BrO8/c1-13-9-10-23(30)21(2)12-31-20(29)24(21,16-11-22(13,23)18(27)19(28)32-16)33-17(26)8-5-14-3-6-15(25)7-4-14/h3-4,6-7,13,16,18,27,30H,5,8-12H2,1-2H3/t13-,16-,18+,21+,22+,23+,24-/m1/s1. The van der Waals surface area contributed by atoms with Gasteiger partial charge in [0.15, 0.2) is 12.2 Å². The maximum Gasteiger partial charge on any atom is 0.355 e. The van der Waals surface area contributed by atoms with E-state index in [2.05, 4.69) is 15.9 Å². The molecule has 0 unspecified atom stereocenters. The maximum absolute atomic E-state index is 13.2. The highest BCUT2D eigenvalue weighted by Crippen LogP contribution is 2.72. The lowest BCUT2D eigenvalue weighted by Crippen LogP contribution is -2.81. The van der Waals surface area contributed by atoms with E-state index in [1.807, 2.05) is 31.2 Å². The minimum absolute atomic E-state index is 0.00396. The highest BCUT2D eigenvalue weighted by Gasteiger charge is 2.87. The lowest BCUT2D eigenvalue weighted by molar-refractivity contribution is -0.322. The second-order valence-electron chi connectivity index (χ2n) is 10.1. The number of hydrogen-bond acceptors (Lipinski definition) is 8. The summed E-state index contributed by atoms with van der Waals surface area (Å²) in [5.74, 6) is -2.58. The van der Waals surface area contributed by atoms with Crippen molar-refractivity contribution in [2.75, 3.05) is 6.61 Å². The number of aliphatic hydroxyl groups excluding tert-OH is 1. The Morgan fingerprint density at radius 1 is 1.27 bits per heavy atom. The summed E-state index contributed by atoms with van der Waals surface area (Å²) >= 11 is 3.37. The first-order valence-corrected chi connectivity index (χ1v) is 12.1. The SMILES string of the molecule is C[C@@H]1CC[C@@]2(O)[C@@]13C[C@@H](OC(=O)[C@@H]3O)[C@@]1(OC(=O)CCc3ccc(Br)cc3)C(=O)OC[C@@]21C. The van der Waals surface area contributed by atoms with Gasteiger partial charge in [0, 0.05) is 22.7 Å². The molecule has 4 aliphatic rings. The molecule has 2 saturated heterocycles. The van der Waals surface area contributed by atoms with Gasteiger partial charge in [-0.05, 0) is 49.8 Å². The highest BCUT2D eigenvalue weighted by molar-refractivity contribution is 9.10. The molecule has 1 aromatic rings. The average Bonchev–Trinajstić information content (AvgIpc) is 3.20. The molecule has 5 rings (SSSR count). The van der Waals surface area contributed by atoms with Crippen LogP contribution < -0.4 is 0 Å². The molecule has 2 bridgehead atoms. The number of carbonyl (C=O) groups excluding carboxylic acids is 3. The molecule has 2 saturated carbocycles. The highest BCUT2D eigenvalue weighted by atomic mass is 79.9. The minimum atomic E-state index is -1.97. The van der Waals surface area contributed by atoms with Crippen molar-refractivity contribution in [3.63, 3.8) is 0 Å². The summed E-state index contributed by atoms with van der Waals surface area (Å²) in [7, 11) is 0. The molecule has 1 spiro atoms. The number of cyclic esters (lactones) is 1. The van der Waals surface area contributed by atoms with Crippen molar-refractivity contribution in [2.45, 2.75) is 69.4 Å². The lowest BCUT2D eigenvalue weighted by atomic mass is 9.44. The van der Waals surface area contributed by atoms with Crippen LogP contribution in [0.4, 0.5) is 0 Å². The molecule has 2 aliphatic heterocycles. The monoisotopic (exact) mass is 522 g/mol. The molecule has 7 atom stereocenters.